The molecule has 4 rings (SSSR count). The molecule has 0 saturated heterocycles. The van der Waals surface area contributed by atoms with E-state index in [1.807, 2.05) is 19.9 Å². The lowest BCUT2D eigenvalue weighted by Gasteiger charge is -2.35. The molecule has 130 valence electrons. The Labute approximate surface area is 145 Å². The molecule has 2 aromatic rings. The SMILES string of the molecule is CC1(C)CCc2c(ccc3c2OC(c2ccc(O)c(O)c2)CC3=O)O1. The molecule has 0 bridgehead atoms. The summed E-state index contributed by atoms with van der Waals surface area (Å²) < 4.78 is 12.2. The fourth-order valence-corrected chi connectivity index (χ4v) is 3.46. The van der Waals surface area contributed by atoms with Crippen molar-refractivity contribution in [2.45, 2.75) is 44.8 Å². The summed E-state index contributed by atoms with van der Waals surface area (Å²) in [6.45, 7) is 4.09. The van der Waals surface area contributed by atoms with Gasteiger partial charge in [0.1, 0.15) is 23.2 Å². The number of aromatic hydroxyl groups is 2. The number of carbonyl (C=O) groups excluding carboxylic acids is 1. The van der Waals surface area contributed by atoms with Gasteiger partial charge in [-0.15, -0.1) is 0 Å². The maximum atomic E-state index is 12.6. The maximum Gasteiger partial charge on any atom is 0.170 e. The van der Waals surface area contributed by atoms with Crippen molar-refractivity contribution in [2.75, 3.05) is 0 Å². The second-order valence-electron chi connectivity index (χ2n) is 7.26. The second kappa shape index (κ2) is 5.41. The largest absolute Gasteiger partial charge is 0.504 e. The van der Waals surface area contributed by atoms with Gasteiger partial charge in [-0.2, -0.15) is 0 Å². The van der Waals surface area contributed by atoms with Crippen LogP contribution in [0, 0.1) is 0 Å². The van der Waals surface area contributed by atoms with Crippen LogP contribution in [0.15, 0.2) is 30.3 Å². The van der Waals surface area contributed by atoms with E-state index in [-0.39, 0.29) is 29.3 Å². The normalized spacial score (nSPS) is 20.9. The Kier molecular flexibility index (Phi) is 3.42. The van der Waals surface area contributed by atoms with Crippen LogP contribution in [0.4, 0.5) is 0 Å². The van der Waals surface area contributed by atoms with Crippen LogP contribution in [0.2, 0.25) is 0 Å². The number of ether oxygens (including phenoxy) is 2. The van der Waals surface area contributed by atoms with E-state index in [4.69, 9.17) is 9.47 Å². The quantitative estimate of drug-likeness (QED) is 0.770. The molecule has 2 N–H and O–H groups in total. The van der Waals surface area contributed by atoms with E-state index in [1.54, 1.807) is 12.1 Å². The third-order valence-electron chi connectivity index (χ3n) is 4.88. The molecule has 0 radical (unpaired) electrons. The highest BCUT2D eigenvalue weighted by Crippen LogP contribution is 2.45. The van der Waals surface area contributed by atoms with Crippen molar-refractivity contribution in [3.63, 3.8) is 0 Å². The summed E-state index contributed by atoms with van der Waals surface area (Å²) in [4.78, 5) is 12.6. The number of fused-ring (bicyclic) bond motifs is 3. The zero-order valence-corrected chi connectivity index (χ0v) is 14.2. The van der Waals surface area contributed by atoms with E-state index in [1.165, 1.54) is 12.1 Å². The molecular weight excluding hydrogens is 320 g/mol. The number of carbonyl (C=O) groups is 1. The molecule has 1 unspecified atom stereocenters. The number of hydrogen-bond acceptors (Lipinski definition) is 5. The van der Waals surface area contributed by atoms with Crippen LogP contribution in [-0.2, 0) is 6.42 Å². The molecule has 2 aromatic carbocycles. The highest BCUT2D eigenvalue weighted by molar-refractivity contribution is 6.00. The van der Waals surface area contributed by atoms with Gasteiger partial charge in [0.05, 0.1) is 12.0 Å². The summed E-state index contributed by atoms with van der Waals surface area (Å²) in [5.41, 5.74) is 1.94. The number of benzene rings is 2. The third-order valence-corrected chi connectivity index (χ3v) is 4.88. The molecule has 5 nitrogen and oxygen atoms in total. The fourth-order valence-electron chi connectivity index (χ4n) is 3.46. The summed E-state index contributed by atoms with van der Waals surface area (Å²) in [6.07, 6.45) is 1.33. The first-order chi connectivity index (χ1) is 11.8. The van der Waals surface area contributed by atoms with Crippen LogP contribution >= 0.6 is 0 Å². The first-order valence-electron chi connectivity index (χ1n) is 8.41. The molecule has 5 heteroatoms. The highest BCUT2D eigenvalue weighted by Gasteiger charge is 2.35. The lowest BCUT2D eigenvalue weighted by Crippen LogP contribution is -2.33. The molecule has 2 aliphatic heterocycles. The van der Waals surface area contributed by atoms with Crippen LogP contribution in [-0.4, -0.2) is 21.6 Å². The van der Waals surface area contributed by atoms with E-state index in [9.17, 15) is 15.0 Å². The van der Waals surface area contributed by atoms with Crippen molar-refractivity contribution in [1.29, 1.82) is 0 Å². The van der Waals surface area contributed by atoms with Crippen molar-refractivity contribution >= 4 is 5.78 Å². The Bertz CT molecular complexity index is 869. The summed E-state index contributed by atoms with van der Waals surface area (Å²) in [5, 5.41) is 19.2. The van der Waals surface area contributed by atoms with Crippen LogP contribution < -0.4 is 9.47 Å². The van der Waals surface area contributed by atoms with E-state index >= 15 is 0 Å². The highest BCUT2D eigenvalue weighted by atomic mass is 16.5. The Morgan fingerprint density at radius 3 is 2.68 bits per heavy atom. The van der Waals surface area contributed by atoms with Gasteiger partial charge in [0.2, 0.25) is 0 Å². The average Bonchev–Trinajstić information content (AvgIpc) is 2.55. The van der Waals surface area contributed by atoms with Crippen LogP contribution in [0.3, 0.4) is 0 Å². The summed E-state index contributed by atoms with van der Waals surface area (Å²) >= 11 is 0. The molecule has 0 saturated carbocycles. The first kappa shape index (κ1) is 15.8. The molecule has 0 aliphatic carbocycles. The lowest BCUT2D eigenvalue weighted by molar-refractivity contribution is 0.0766. The first-order valence-corrected chi connectivity index (χ1v) is 8.41. The van der Waals surface area contributed by atoms with Crippen molar-refractivity contribution in [3.05, 3.63) is 47.0 Å². The number of Topliss-reactive ketones (excluding diaryl/α,β-unsaturated/α-hetero) is 1. The van der Waals surface area contributed by atoms with Gasteiger partial charge < -0.3 is 19.7 Å². The third kappa shape index (κ3) is 2.69. The van der Waals surface area contributed by atoms with Gasteiger partial charge in [-0.25, -0.2) is 0 Å². The smallest absolute Gasteiger partial charge is 0.170 e. The van der Waals surface area contributed by atoms with E-state index in [0.717, 1.165) is 24.2 Å². The van der Waals surface area contributed by atoms with Crippen LogP contribution in [0.1, 0.15) is 54.3 Å². The van der Waals surface area contributed by atoms with Gasteiger partial charge in [0.25, 0.3) is 0 Å². The molecule has 0 fully saturated rings. The minimum Gasteiger partial charge on any atom is -0.504 e. The topological polar surface area (TPSA) is 76.0 Å². The lowest BCUT2D eigenvalue weighted by atomic mass is 9.89. The fraction of sp³-hybridized carbons (Fsp3) is 0.350. The van der Waals surface area contributed by atoms with E-state index in [2.05, 4.69) is 0 Å². The minimum atomic E-state index is -0.493. The maximum absolute atomic E-state index is 12.6. The number of ketones is 1. The van der Waals surface area contributed by atoms with E-state index < -0.39 is 6.10 Å². The van der Waals surface area contributed by atoms with E-state index in [0.29, 0.717) is 16.9 Å². The van der Waals surface area contributed by atoms with Gasteiger partial charge in [0, 0.05) is 5.56 Å². The van der Waals surface area contributed by atoms with Gasteiger partial charge >= 0.3 is 0 Å². The Balaban J connectivity index is 1.74. The van der Waals surface area contributed by atoms with Crippen LogP contribution in [0.25, 0.3) is 0 Å². The standard InChI is InChI=1S/C20H20O5/c1-20(2)8-7-13-17(25-20)6-4-12-15(22)10-18(24-19(12)13)11-3-5-14(21)16(23)9-11/h3-6,9,18,21,23H,7-8,10H2,1-2H3. The van der Waals surface area contributed by atoms with Gasteiger partial charge in [-0.3, -0.25) is 4.79 Å². The zero-order chi connectivity index (χ0) is 17.8. The molecule has 0 amide bonds. The predicted octanol–water partition coefficient (Wildman–Crippen LogP) is 3.91. The Morgan fingerprint density at radius 2 is 1.92 bits per heavy atom. The van der Waals surface area contributed by atoms with Crippen molar-refractivity contribution in [1.82, 2.24) is 0 Å². The molecular formula is C20H20O5. The van der Waals surface area contributed by atoms with Gasteiger partial charge in [-0.05, 0) is 56.5 Å². The van der Waals surface area contributed by atoms with Crippen molar-refractivity contribution in [2.24, 2.45) is 0 Å². The molecule has 2 aliphatic rings. The number of hydrogen-bond donors (Lipinski definition) is 2. The predicted molar refractivity (Wildman–Crippen MR) is 91.6 cm³/mol. The number of phenolic OH excluding ortho intramolecular Hbond substituents is 2. The number of phenols is 2. The average molecular weight is 340 g/mol. The summed E-state index contributed by atoms with van der Waals surface area (Å²) in [5.74, 6) is 0.934. The number of rotatable bonds is 1. The minimum absolute atomic E-state index is 0.00597. The molecule has 25 heavy (non-hydrogen) atoms. The Hall–Kier alpha value is -2.69. The Morgan fingerprint density at radius 1 is 1.12 bits per heavy atom. The summed E-state index contributed by atoms with van der Waals surface area (Å²) in [6, 6.07) is 8.12. The van der Waals surface area contributed by atoms with Crippen LogP contribution in [0.5, 0.6) is 23.0 Å². The van der Waals surface area contributed by atoms with Crippen molar-refractivity contribution in [3.8, 4) is 23.0 Å². The summed E-state index contributed by atoms with van der Waals surface area (Å²) in [7, 11) is 0. The molecule has 0 spiro atoms. The van der Waals surface area contributed by atoms with Gasteiger partial charge in [0.15, 0.2) is 17.3 Å². The van der Waals surface area contributed by atoms with Gasteiger partial charge in [-0.1, -0.05) is 6.07 Å². The molecule has 2 heterocycles. The second-order valence-corrected chi connectivity index (χ2v) is 7.26. The molecule has 1 atom stereocenters. The molecule has 0 aromatic heterocycles. The monoisotopic (exact) mass is 340 g/mol. The van der Waals surface area contributed by atoms with Crippen molar-refractivity contribution < 1.29 is 24.5 Å². The zero-order valence-electron chi connectivity index (χ0n) is 14.2.